The summed E-state index contributed by atoms with van der Waals surface area (Å²) < 4.78 is 36.7. The summed E-state index contributed by atoms with van der Waals surface area (Å²) in [4.78, 5) is 35.5. The fraction of sp³-hybridized carbons (Fsp3) is 0.167. The molecule has 0 saturated heterocycles. The van der Waals surface area contributed by atoms with Crippen LogP contribution in [-0.4, -0.2) is 37.1 Å². The molecule has 0 saturated carbocycles. The molecule has 0 atom stereocenters. The smallest absolute Gasteiger partial charge is 0.375 e. The standard InChI is InChI=1S/C18H17F3N4O3/c19-18(20,21)11-23-16(27)13-8-4-5-9-14(13)22-10-15(26)25-17(28)24-12-6-2-1-3-7-12/h1-9,22H,10-11H2,(H,23,27)(H2,24,25,26,28). The van der Waals surface area contributed by atoms with E-state index >= 15 is 0 Å². The molecule has 148 valence electrons. The summed E-state index contributed by atoms with van der Waals surface area (Å²) in [5.74, 6) is -1.64. The van der Waals surface area contributed by atoms with Gasteiger partial charge in [0.1, 0.15) is 6.54 Å². The zero-order valence-electron chi connectivity index (χ0n) is 14.5. The average Bonchev–Trinajstić information content (AvgIpc) is 2.65. The van der Waals surface area contributed by atoms with Gasteiger partial charge >= 0.3 is 12.2 Å². The van der Waals surface area contributed by atoms with Crippen LogP contribution in [0.2, 0.25) is 0 Å². The van der Waals surface area contributed by atoms with Crippen LogP contribution in [-0.2, 0) is 4.79 Å². The second-order valence-corrected chi connectivity index (χ2v) is 5.57. The lowest BCUT2D eigenvalue weighted by molar-refractivity contribution is -0.123. The van der Waals surface area contributed by atoms with Crippen molar-refractivity contribution in [3.05, 3.63) is 60.2 Å². The first-order valence-corrected chi connectivity index (χ1v) is 8.08. The molecule has 2 aromatic rings. The molecule has 0 aromatic heterocycles. The maximum absolute atomic E-state index is 12.2. The summed E-state index contributed by atoms with van der Waals surface area (Å²) in [7, 11) is 0. The summed E-state index contributed by atoms with van der Waals surface area (Å²) >= 11 is 0. The molecule has 10 heteroatoms. The number of imide groups is 1. The largest absolute Gasteiger partial charge is 0.405 e. The lowest BCUT2D eigenvalue weighted by atomic mass is 10.1. The van der Waals surface area contributed by atoms with Crippen LogP contribution in [0.5, 0.6) is 0 Å². The van der Waals surface area contributed by atoms with Crippen LogP contribution in [0.4, 0.5) is 29.3 Å². The lowest BCUT2D eigenvalue weighted by Gasteiger charge is -2.13. The molecule has 0 bridgehead atoms. The molecule has 4 amide bonds. The first-order valence-electron chi connectivity index (χ1n) is 8.08. The number of hydrogen-bond donors (Lipinski definition) is 4. The van der Waals surface area contributed by atoms with E-state index in [1.54, 1.807) is 41.7 Å². The number of amides is 4. The predicted octanol–water partition coefficient (Wildman–Crippen LogP) is 2.74. The van der Waals surface area contributed by atoms with Gasteiger partial charge in [0.05, 0.1) is 12.1 Å². The molecule has 2 rings (SSSR count). The second-order valence-electron chi connectivity index (χ2n) is 5.57. The highest BCUT2D eigenvalue weighted by Crippen LogP contribution is 2.16. The summed E-state index contributed by atoms with van der Waals surface area (Å²) in [6.45, 7) is -1.84. The molecule has 0 aliphatic rings. The second kappa shape index (κ2) is 9.40. The van der Waals surface area contributed by atoms with E-state index in [4.69, 9.17) is 0 Å². The topological polar surface area (TPSA) is 99.3 Å². The number of halogens is 3. The Kier molecular flexibility index (Phi) is 6.96. The molecular formula is C18H17F3N4O3. The number of para-hydroxylation sites is 2. The van der Waals surface area contributed by atoms with E-state index in [1.165, 1.54) is 18.2 Å². The van der Waals surface area contributed by atoms with Crippen molar-refractivity contribution in [1.29, 1.82) is 0 Å². The first-order chi connectivity index (χ1) is 13.2. The molecule has 0 fully saturated rings. The van der Waals surface area contributed by atoms with E-state index in [0.717, 1.165) is 0 Å². The molecule has 2 aromatic carbocycles. The van der Waals surface area contributed by atoms with Gasteiger partial charge < -0.3 is 16.0 Å². The van der Waals surface area contributed by atoms with Gasteiger partial charge in [-0.15, -0.1) is 0 Å². The van der Waals surface area contributed by atoms with Crippen molar-refractivity contribution in [2.24, 2.45) is 0 Å². The Morgan fingerprint density at radius 3 is 2.21 bits per heavy atom. The molecule has 0 unspecified atom stereocenters. The van der Waals surface area contributed by atoms with Crippen molar-refractivity contribution < 1.29 is 27.6 Å². The van der Waals surface area contributed by atoms with Gasteiger partial charge in [-0.05, 0) is 24.3 Å². The van der Waals surface area contributed by atoms with E-state index in [-0.39, 0.29) is 17.8 Å². The van der Waals surface area contributed by atoms with Crippen molar-refractivity contribution in [2.75, 3.05) is 23.7 Å². The van der Waals surface area contributed by atoms with Gasteiger partial charge in [-0.25, -0.2) is 4.79 Å². The van der Waals surface area contributed by atoms with Gasteiger partial charge in [0.2, 0.25) is 5.91 Å². The highest BCUT2D eigenvalue weighted by Gasteiger charge is 2.28. The Morgan fingerprint density at radius 1 is 0.893 bits per heavy atom. The molecule has 7 nitrogen and oxygen atoms in total. The Morgan fingerprint density at radius 2 is 1.54 bits per heavy atom. The van der Waals surface area contributed by atoms with Gasteiger partial charge in [-0.2, -0.15) is 13.2 Å². The van der Waals surface area contributed by atoms with Crippen molar-refractivity contribution in [3.8, 4) is 0 Å². The number of nitrogens with one attached hydrogen (secondary N) is 4. The number of carbonyl (C=O) groups excluding carboxylic acids is 3. The van der Waals surface area contributed by atoms with Crippen LogP contribution < -0.4 is 21.3 Å². The minimum absolute atomic E-state index is 0.0618. The number of benzene rings is 2. The minimum atomic E-state index is -4.54. The predicted molar refractivity (Wildman–Crippen MR) is 96.9 cm³/mol. The Bertz CT molecular complexity index is 841. The van der Waals surface area contributed by atoms with Crippen LogP contribution in [0.25, 0.3) is 0 Å². The quantitative estimate of drug-likeness (QED) is 0.605. The number of hydrogen-bond acceptors (Lipinski definition) is 4. The summed E-state index contributed by atoms with van der Waals surface area (Å²) in [5.41, 5.74) is 0.585. The van der Waals surface area contributed by atoms with E-state index in [1.807, 2.05) is 0 Å². The van der Waals surface area contributed by atoms with Crippen molar-refractivity contribution >= 4 is 29.2 Å². The number of rotatable bonds is 6. The molecular weight excluding hydrogens is 377 g/mol. The zero-order chi connectivity index (χ0) is 20.6. The van der Waals surface area contributed by atoms with Gasteiger partial charge in [-0.1, -0.05) is 30.3 Å². The van der Waals surface area contributed by atoms with Gasteiger partial charge in [0, 0.05) is 11.4 Å². The van der Waals surface area contributed by atoms with Crippen molar-refractivity contribution in [2.45, 2.75) is 6.18 Å². The summed E-state index contributed by atoms with van der Waals surface area (Å²) in [5, 5.41) is 8.94. The van der Waals surface area contributed by atoms with E-state index < -0.39 is 30.6 Å². The Balaban J connectivity index is 1.89. The highest BCUT2D eigenvalue weighted by molar-refractivity contribution is 6.03. The normalized spacial score (nSPS) is 10.7. The highest BCUT2D eigenvalue weighted by atomic mass is 19.4. The SMILES string of the molecule is O=C(CNc1ccccc1C(=O)NCC(F)(F)F)NC(=O)Nc1ccccc1. The molecule has 0 aliphatic carbocycles. The molecule has 4 N–H and O–H groups in total. The van der Waals surface area contributed by atoms with Gasteiger partial charge in [0.25, 0.3) is 5.91 Å². The van der Waals surface area contributed by atoms with Crippen LogP contribution in [0, 0.1) is 0 Å². The van der Waals surface area contributed by atoms with Gasteiger partial charge in [0.15, 0.2) is 0 Å². The van der Waals surface area contributed by atoms with E-state index in [0.29, 0.717) is 5.69 Å². The number of urea groups is 1. The number of carbonyl (C=O) groups is 3. The number of alkyl halides is 3. The van der Waals surface area contributed by atoms with Crippen LogP contribution in [0.1, 0.15) is 10.4 Å². The first kappa shape index (κ1) is 20.7. The van der Waals surface area contributed by atoms with Crippen LogP contribution >= 0.6 is 0 Å². The fourth-order valence-corrected chi connectivity index (χ4v) is 2.14. The summed E-state index contributed by atoms with van der Waals surface area (Å²) in [6, 6.07) is 13.5. The van der Waals surface area contributed by atoms with Crippen molar-refractivity contribution in [3.63, 3.8) is 0 Å². The third-order valence-electron chi connectivity index (χ3n) is 3.35. The Hall–Kier alpha value is -3.56. The molecule has 0 aliphatic heterocycles. The molecule has 0 spiro atoms. The molecule has 28 heavy (non-hydrogen) atoms. The fourth-order valence-electron chi connectivity index (χ4n) is 2.14. The van der Waals surface area contributed by atoms with Crippen LogP contribution in [0.15, 0.2) is 54.6 Å². The van der Waals surface area contributed by atoms with Crippen LogP contribution in [0.3, 0.4) is 0 Å². The van der Waals surface area contributed by atoms with Gasteiger partial charge in [-0.3, -0.25) is 14.9 Å². The van der Waals surface area contributed by atoms with Crippen molar-refractivity contribution in [1.82, 2.24) is 10.6 Å². The average molecular weight is 394 g/mol. The monoisotopic (exact) mass is 394 g/mol. The lowest BCUT2D eigenvalue weighted by Crippen LogP contribution is -2.38. The molecule has 0 radical (unpaired) electrons. The zero-order valence-corrected chi connectivity index (χ0v) is 14.5. The Labute approximate surface area is 158 Å². The third-order valence-corrected chi connectivity index (χ3v) is 3.35. The maximum Gasteiger partial charge on any atom is 0.405 e. The minimum Gasteiger partial charge on any atom is -0.375 e. The van der Waals surface area contributed by atoms with E-state index in [9.17, 15) is 27.6 Å². The summed E-state index contributed by atoms with van der Waals surface area (Å²) in [6.07, 6.45) is -4.54. The number of anilines is 2. The molecule has 0 heterocycles. The third kappa shape index (κ3) is 6.98. The van der Waals surface area contributed by atoms with E-state index in [2.05, 4.69) is 16.0 Å². The maximum atomic E-state index is 12.2.